The number of para-hydroxylation sites is 1. The van der Waals surface area contributed by atoms with Crippen LogP contribution in [0.2, 0.25) is 5.02 Å². The van der Waals surface area contributed by atoms with E-state index in [0.717, 1.165) is 48.4 Å². The highest BCUT2D eigenvalue weighted by atomic mass is 35.5. The van der Waals surface area contributed by atoms with E-state index in [1.807, 2.05) is 30.3 Å². The van der Waals surface area contributed by atoms with E-state index < -0.39 is 0 Å². The molecule has 4 aromatic rings. The molecule has 0 saturated heterocycles. The van der Waals surface area contributed by atoms with Gasteiger partial charge in [0.25, 0.3) is 0 Å². The van der Waals surface area contributed by atoms with E-state index in [0.29, 0.717) is 22.0 Å². The first-order chi connectivity index (χ1) is 14.7. The number of rotatable bonds is 4. The van der Waals surface area contributed by atoms with Gasteiger partial charge in [-0.05, 0) is 43.2 Å². The summed E-state index contributed by atoms with van der Waals surface area (Å²) >= 11 is 6.47. The second kappa shape index (κ2) is 7.91. The fourth-order valence-corrected chi connectivity index (χ4v) is 4.08. The van der Waals surface area contributed by atoms with Gasteiger partial charge in [-0.1, -0.05) is 35.3 Å². The summed E-state index contributed by atoms with van der Waals surface area (Å²) in [6.07, 6.45) is 4.45. The summed E-state index contributed by atoms with van der Waals surface area (Å²) in [5.74, 6) is 1.56. The molecule has 1 aliphatic rings. The number of nitrogens with one attached hydrogen (secondary N) is 1. The number of aromatic nitrogens is 4. The molecule has 3 heterocycles. The molecular weight excluding hydrogens is 402 g/mol. The maximum atomic E-state index is 12.6. The highest BCUT2D eigenvalue weighted by molar-refractivity contribution is 6.33. The smallest absolute Gasteiger partial charge is 0.230 e. The van der Waals surface area contributed by atoms with Gasteiger partial charge in [-0.15, -0.1) is 10.2 Å². The molecule has 152 valence electrons. The molecule has 1 N–H and O–H groups in total. The van der Waals surface area contributed by atoms with E-state index in [9.17, 15) is 4.79 Å². The highest BCUT2D eigenvalue weighted by Crippen LogP contribution is 2.31. The van der Waals surface area contributed by atoms with Crippen molar-refractivity contribution in [1.82, 2.24) is 19.9 Å². The van der Waals surface area contributed by atoms with Crippen LogP contribution in [0.3, 0.4) is 0 Å². The zero-order valence-corrected chi connectivity index (χ0v) is 17.0. The molecule has 0 aliphatic carbocycles. The molecule has 7 nitrogen and oxygen atoms in total. The molecule has 0 spiro atoms. The second-order valence-electron chi connectivity index (χ2n) is 7.45. The molecule has 30 heavy (non-hydrogen) atoms. The van der Waals surface area contributed by atoms with Gasteiger partial charge in [-0.25, -0.2) is 0 Å². The Balaban J connectivity index is 1.39. The predicted molar refractivity (Wildman–Crippen MR) is 114 cm³/mol. The standard InChI is InChI=1S/C22H20ClN5O2/c23-17-10-9-14(12-16(17)22-26-25-20-8-2-1-5-11-28(20)22)24-21(29)13-18-15-6-3-4-7-19(15)30-27-18/h3-4,6-7,9-10,12H,1-2,5,8,11,13H2,(H,24,29). The van der Waals surface area contributed by atoms with E-state index >= 15 is 0 Å². The van der Waals surface area contributed by atoms with Crippen LogP contribution in [0, 0.1) is 0 Å². The lowest BCUT2D eigenvalue weighted by Crippen LogP contribution is -2.15. The first kappa shape index (κ1) is 18.8. The van der Waals surface area contributed by atoms with Crippen molar-refractivity contribution in [2.24, 2.45) is 0 Å². The minimum Gasteiger partial charge on any atom is -0.356 e. The van der Waals surface area contributed by atoms with Gasteiger partial charge in [0.05, 0.1) is 11.4 Å². The first-order valence-electron chi connectivity index (χ1n) is 10.0. The summed E-state index contributed by atoms with van der Waals surface area (Å²) in [5, 5.41) is 17.1. The molecule has 0 radical (unpaired) electrons. The Hall–Kier alpha value is -3.19. The summed E-state index contributed by atoms with van der Waals surface area (Å²) in [6, 6.07) is 12.9. The molecule has 0 unspecified atom stereocenters. The number of nitrogens with zero attached hydrogens (tertiary/aromatic N) is 4. The normalized spacial score (nSPS) is 13.8. The van der Waals surface area contributed by atoms with Crippen molar-refractivity contribution in [3.63, 3.8) is 0 Å². The third-order valence-corrected chi connectivity index (χ3v) is 5.71. The molecule has 1 aliphatic heterocycles. The molecule has 0 fully saturated rings. The fourth-order valence-electron chi connectivity index (χ4n) is 3.88. The quantitative estimate of drug-likeness (QED) is 0.518. The van der Waals surface area contributed by atoms with E-state index in [1.165, 1.54) is 6.42 Å². The summed E-state index contributed by atoms with van der Waals surface area (Å²) < 4.78 is 7.42. The van der Waals surface area contributed by atoms with Crippen LogP contribution in [-0.4, -0.2) is 25.8 Å². The van der Waals surface area contributed by atoms with Gasteiger partial charge < -0.3 is 14.4 Å². The highest BCUT2D eigenvalue weighted by Gasteiger charge is 2.19. The number of aryl methyl sites for hydroxylation is 1. The average molecular weight is 422 g/mol. The lowest BCUT2D eigenvalue weighted by Gasteiger charge is -2.11. The predicted octanol–water partition coefficient (Wildman–Crippen LogP) is 4.65. The number of anilines is 1. The van der Waals surface area contributed by atoms with Crippen molar-refractivity contribution < 1.29 is 9.32 Å². The third kappa shape index (κ3) is 3.57. The van der Waals surface area contributed by atoms with E-state index in [4.69, 9.17) is 16.1 Å². The van der Waals surface area contributed by atoms with Crippen LogP contribution < -0.4 is 5.32 Å². The van der Waals surface area contributed by atoms with Crippen LogP contribution in [0.5, 0.6) is 0 Å². The Kier molecular flexibility index (Phi) is 4.96. The summed E-state index contributed by atoms with van der Waals surface area (Å²) in [6.45, 7) is 0.879. The van der Waals surface area contributed by atoms with Gasteiger partial charge in [-0.2, -0.15) is 0 Å². The fraction of sp³-hybridized carbons (Fsp3) is 0.273. The number of carbonyl (C=O) groups excluding carboxylic acids is 1. The maximum absolute atomic E-state index is 12.6. The Morgan fingerprint density at radius 1 is 1.13 bits per heavy atom. The Morgan fingerprint density at radius 3 is 2.97 bits per heavy atom. The van der Waals surface area contributed by atoms with Crippen molar-refractivity contribution in [1.29, 1.82) is 0 Å². The lowest BCUT2D eigenvalue weighted by molar-refractivity contribution is -0.115. The van der Waals surface area contributed by atoms with Crippen molar-refractivity contribution in [3.8, 4) is 11.4 Å². The van der Waals surface area contributed by atoms with Gasteiger partial charge in [0, 0.05) is 29.6 Å². The molecule has 5 rings (SSSR count). The topological polar surface area (TPSA) is 85.8 Å². The van der Waals surface area contributed by atoms with Gasteiger partial charge in [0.15, 0.2) is 11.4 Å². The first-order valence-corrected chi connectivity index (χ1v) is 10.4. The van der Waals surface area contributed by atoms with E-state index in [-0.39, 0.29) is 12.3 Å². The van der Waals surface area contributed by atoms with Gasteiger partial charge in [-0.3, -0.25) is 4.79 Å². The van der Waals surface area contributed by atoms with Crippen LogP contribution in [-0.2, 0) is 24.2 Å². The number of benzene rings is 2. The van der Waals surface area contributed by atoms with Gasteiger partial charge in [0.1, 0.15) is 11.5 Å². The number of hydrogen-bond acceptors (Lipinski definition) is 5. The number of carbonyl (C=O) groups is 1. The molecule has 0 bridgehead atoms. The number of hydrogen-bond donors (Lipinski definition) is 1. The summed E-state index contributed by atoms with van der Waals surface area (Å²) in [7, 11) is 0. The molecule has 1 amide bonds. The zero-order chi connectivity index (χ0) is 20.5. The molecule has 0 saturated carbocycles. The Labute approximate surface area is 178 Å². The molecule has 0 atom stereocenters. The molecule has 2 aromatic heterocycles. The van der Waals surface area contributed by atoms with Crippen LogP contribution in [0.25, 0.3) is 22.4 Å². The Bertz CT molecular complexity index is 1230. The van der Waals surface area contributed by atoms with Crippen molar-refractivity contribution in [2.45, 2.75) is 38.6 Å². The lowest BCUT2D eigenvalue weighted by atomic mass is 10.1. The minimum atomic E-state index is -0.178. The number of fused-ring (bicyclic) bond motifs is 2. The molecular formula is C22H20ClN5O2. The Morgan fingerprint density at radius 2 is 2.03 bits per heavy atom. The summed E-state index contributed by atoms with van der Waals surface area (Å²) in [5.41, 5.74) is 2.70. The van der Waals surface area contributed by atoms with Crippen LogP contribution in [0.1, 0.15) is 30.8 Å². The second-order valence-corrected chi connectivity index (χ2v) is 7.85. The van der Waals surface area contributed by atoms with Crippen molar-refractivity contribution in [3.05, 3.63) is 59.0 Å². The largest absolute Gasteiger partial charge is 0.356 e. The van der Waals surface area contributed by atoms with Crippen molar-refractivity contribution >= 4 is 34.2 Å². The molecule has 8 heteroatoms. The minimum absolute atomic E-state index is 0.120. The van der Waals surface area contributed by atoms with Crippen LogP contribution in [0.4, 0.5) is 5.69 Å². The summed E-state index contributed by atoms with van der Waals surface area (Å²) in [4.78, 5) is 12.6. The molecule has 2 aromatic carbocycles. The van der Waals surface area contributed by atoms with E-state index in [2.05, 4.69) is 25.2 Å². The maximum Gasteiger partial charge on any atom is 0.230 e. The van der Waals surface area contributed by atoms with Gasteiger partial charge >= 0.3 is 0 Å². The van der Waals surface area contributed by atoms with Crippen LogP contribution in [0.15, 0.2) is 47.0 Å². The SMILES string of the molecule is O=C(Cc1noc2ccccc12)Nc1ccc(Cl)c(-c2nnc3n2CCCCC3)c1. The van der Waals surface area contributed by atoms with Crippen molar-refractivity contribution in [2.75, 3.05) is 5.32 Å². The van der Waals surface area contributed by atoms with Crippen LogP contribution >= 0.6 is 11.6 Å². The number of amides is 1. The van der Waals surface area contributed by atoms with Gasteiger partial charge in [0.2, 0.25) is 5.91 Å². The monoisotopic (exact) mass is 421 g/mol. The average Bonchev–Trinajstić information content (AvgIpc) is 3.26. The zero-order valence-electron chi connectivity index (χ0n) is 16.3. The third-order valence-electron chi connectivity index (χ3n) is 5.38. The number of halogens is 1. The van der Waals surface area contributed by atoms with E-state index in [1.54, 1.807) is 12.1 Å².